The summed E-state index contributed by atoms with van der Waals surface area (Å²) in [6.07, 6.45) is -3.69. The number of hydrogen-bond donors (Lipinski definition) is 2. The smallest absolute Gasteiger partial charge is 0.413 e. The third kappa shape index (κ3) is 2.28. The van der Waals surface area contributed by atoms with E-state index in [0.717, 1.165) is 6.08 Å². The van der Waals surface area contributed by atoms with Gasteiger partial charge in [-0.1, -0.05) is 11.6 Å². The van der Waals surface area contributed by atoms with Crippen molar-refractivity contribution in [2.45, 2.75) is 12.2 Å². The summed E-state index contributed by atoms with van der Waals surface area (Å²) >= 11 is 5.70. The van der Waals surface area contributed by atoms with Gasteiger partial charge in [0.15, 0.2) is 6.04 Å². The molecule has 2 N–H and O–H groups in total. The van der Waals surface area contributed by atoms with Gasteiger partial charge in [0.1, 0.15) is 0 Å². The highest BCUT2D eigenvalue weighted by Gasteiger charge is 2.46. The van der Waals surface area contributed by atoms with Gasteiger partial charge in [-0.3, -0.25) is 0 Å². The number of halogens is 4. The van der Waals surface area contributed by atoms with Gasteiger partial charge in [0.2, 0.25) is 0 Å². The van der Waals surface area contributed by atoms with Gasteiger partial charge in [-0.15, -0.1) is 0 Å². The van der Waals surface area contributed by atoms with E-state index in [4.69, 9.17) is 16.7 Å². The average Bonchev–Trinajstić information content (AvgIpc) is 2.25. The van der Waals surface area contributed by atoms with Crippen LogP contribution in [0.5, 0.6) is 0 Å². The molecule has 7 heteroatoms. The molecule has 0 aromatic heterocycles. The lowest BCUT2D eigenvalue weighted by Gasteiger charge is -2.28. The molecule has 2 rings (SSSR count). The van der Waals surface area contributed by atoms with Crippen LogP contribution in [0.25, 0.3) is 6.08 Å². The number of nitrogens with one attached hydrogen (secondary N) is 1. The Morgan fingerprint density at radius 1 is 1.39 bits per heavy atom. The van der Waals surface area contributed by atoms with E-state index in [0.29, 0.717) is 10.6 Å². The Kier molecular flexibility index (Phi) is 2.98. The first-order valence-corrected chi connectivity index (χ1v) is 5.24. The quantitative estimate of drug-likeness (QED) is 0.829. The summed E-state index contributed by atoms with van der Waals surface area (Å²) < 4.78 is 38.2. The zero-order valence-electron chi connectivity index (χ0n) is 8.75. The van der Waals surface area contributed by atoms with E-state index >= 15 is 0 Å². The van der Waals surface area contributed by atoms with Gasteiger partial charge >= 0.3 is 12.1 Å². The van der Waals surface area contributed by atoms with Crippen LogP contribution in [-0.2, 0) is 4.79 Å². The van der Waals surface area contributed by atoms with Crippen molar-refractivity contribution in [1.29, 1.82) is 0 Å². The van der Waals surface area contributed by atoms with Crippen molar-refractivity contribution in [3.63, 3.8) is 0 Å². The summed E-state index contributed by atoms with van der Waals surface area (Å²) in [4.78, 5) is 10.9. The molecule has 0 aliphatic carbocycles. The number of carboxylic acids is 1. The van der Waals surface area contributed by atoms with Crippen molar-refractivity contribution < 1.29 is 23.1 Å². The van der Waals surface area contributed by atoms with Crippen molar-refractivity contribution >= 4 is 29.3 Å². The summed E-state index contributed by atoms with van der Waals surface area (Å²) in [5.74, 6) is -1.62. The van der Waals surface area contributed by atoms with Crippen molar-refractivity contribution in [1.82, 2.24) is 0 Å². The van der Waals surface area contributed by atoms with E-state index in [1.165, 1.54) is 18.2 Å². The number of fused-ring (bicyclic) bond motifs is 1. The lowest BCUT2D eigenvalue weighted by molar-refractivity contribution is -0.146. The van der Waals surface area contributed by atoms with E-state index in [1.54, 1.807) is 0 Å². The summed E-state index contributed by atoms with van der Waals surface area (Å²) in [6.45, 7) is 0. The summed E-state index contributed by atoms with van der Waals surface area (Å²) in [5.41, 5.74) is -0.232. The lowest BCUT2D eigenvalue weighted by atomic mass is 9.97. The van der Waals surface area contributed by atoms with E-state index < -0.39 is 23.8 Å². The molecule has 96 valence electrons. The average molecular weight is 278 g/mol. The maximum Gasteiger partial charge on any atom is 0.413 e. The first kappa shape index (κ1) is 12.8. The Balaban J connectivity index is 2.53. The molecule has 0 bridgehead atoms. The maximum atomic E-state index is 12.7. The molecular formula is C11H7ClF3NO2. The van der Waals surface area contributed by atoms with Crippen LogP contribution in [0.2, 0.25) is 5.02 Å². The maximum absolute atomic E-state index is 12.7. The minimum atomic E-state index is -4.68. The van der Waals surface area contributed by atoms with Crippen molar-refractivity contribution in [2.24, 2.45) is 0 Å². The second kappa shape index (κ2) is 4.20. The van der Waals surface area contributed by atoms with Crippen molar-refractivity contribution in [2.75, 3.05) is 5.32 Å². The second-order valence-corrected chi connectivity index (χ2v) is 4.19. The zero-order chi connectivity index (χ0) is 13.5. The van der Waals surface area contributed by atoms with Crippen LogP contribution in [0.4, 0.5) is 18.9 Å². The Labute approximate surface area is 105 Å². The predicted molar refractivity (Wildman–Crippen MR) is 60.5 cm³/mol. The number of hydrogen-bond acceptors (Lipinski definition) is 2. The first-order valence-electron chi connectivity index (χ1n) is 4.87. The van der Waals surface area contributed by atoms with Gasteiger partial charge in [-0.05, 0) is 29.8 Å². The summed E-state index contributed by atoms with van der Waals surface area (Å²) in [6, 6.07) is 1.99. The minimum absolute atomic E-state index is 0.201. The van der Waals surface area contributed by atoms with E-state index in [1.807, 2.05) is 0 Å². The number of benzene rings is 1. The highest BCUT2D eigenvalue weighted by molar-refractivity contribution is 6.30. The van der Waals surface area contributed by atoms with Gasteiger partial charge in [0.25, 0.3) is 0 Å². The molecule has 0 fully saturated rings. The highest BCUT2D eigenvalue weighted by Crippen LogP contribution is 2.36. The molecule has 3 nitrogen and oxygen atoms in total. The Morgan fingerprint density at radius 2 is 2.06 bits per heavy atom. The lowest BCUT2D eigenvalue weighted by Crippen LogP contribution is -2.41. The Hall–Kier alpha value is -1.69. The fourth-order valence-corrected chi connectivity index (χ4v) is 1.89. The van der Waals surface area contributed by atoms with Crippen LogP contribution in [-0.4, -0.2) is 23.3 Å². The largest absolute Gasteiger partial charge is 0.478 e. The Bertz CT molecular complexity index is 540. The normalized spacial score (nSPS) is 18.7. The number of rotatable bonds is 1. The van der Waals surface area contributed by atoms with E-state index in [2.05, 4.69) is 5.32 Å². The Morgan fingerprint density at radius 3 is 2.61 bits per heavy atom. The van der Waals surface area contributed by atoms with Gasteiger partial charge < -0.3 is 10.4 Å². The van der Waals surface area contributed by atoms with Crippen LogP contribution in [0.1, 0.15) is 5.56 Å². The topological polar surface area (TPSA) is 49.3 Å². The molecule has 1 aromatic rings. The van der Waals surface area contributed by atoms with Gasteiger partial charge in [0, 0.05) is 10.7 Å². The number of anilines is 1. The molecule has 0 amide bonds. The highest BCUT2D eigenvalue weighted by atomic mass is 35.5. The summed E-state index contributed by atoms with van der Waals surface area (Å²) in [5, 5.41) is 11.3. The molecule has 18 heavy (non-hydrogen) atoms. The first-order chi connectivity index (χ1) is 8.29. The monoisotopic (exact) mass is 277 g/mol. The van der Waals surface area contributed by atoms with Crippen molar-refractivity contribution in [3.05, 3.63) is 34.4 Å². The fourth-order valence-electron chi connectivity index (χ4n) is 1.71. The van der Waals surface area contributed by atoms with Crippen LogP contribution in [0.15, 0.2) is 23.8 Å². The molecule has 0 spiro atoms. The van der Waals surface area contributed by atoms with Gasteiger partial charge in [-0.2, -0.15) is 13.2 Å². The third-order valence-electron chi connectivity index (χ3n) is 2.51. The van der Waals surface area contributed by atoms with Crippen molar-refractivity contribution in [3.8, 4) is 0 Å². The number of carbonyl (C=O) groups is 1. The molecule has 0 radical (unpaired) electrons. The molecule has 1 aromatic carbocycles. The predicted octanol–water partition coefficient (Wildman–Crippen LogP) is 3.16. The molecule has 0 saturated carbocycles. The molecule has 1 heterocycles. The SMILES string of the molecule is O=C(O)C1=Cc2cc(Cl)ccc2NC1C(F)(F)F. The fraction of sp³-hybridized carbons (Fsp3) is 0.182. The van der Waals surface area contributed by atoms with Gasteiger partial charge in [-0.25, -0.2) is 4.79 Å². The zero-order valence-corrected chi connectivity index (χ0v) is 9.51. The second-order valence-electron chi connectivity index (χ2n) is 3.76. The number of alkyl halides is 3. The molecular weight excluding hydrogens is 271 g/mol. The van der Waals surface area contributed by atoms with Crippen LogP contribution in [0, 0.1) is 0 Å². The van der Waals surface area contributed by atoms with E-state index in [-0.39, 0.29) is 5.69 Å². The van der Waals surface area contributed by atoms with Gasteiger partial charge in [0.05, 0.1) is 5.57 Å². The number of carboxylic acid groups (broad SMARTS) is 1. The minimum Gasteiger partial charge on any atom is -0.478 e. The standard InChI is InChI=1S/C11H7ClF3NO2/c12-6-1-2-8-5(3-6)4-7(10(17)18)9(16-8)11(13,14)15/h1-4,9,16H,(H,17,18). The molecule has 0 saturated heterocycles. The van der Waals surface area contributed by atoms with Crippen LogP contribution in [0.3, 0.4) is 0 Å². The van der Waals surface area contributed by atoms with E-state index in [9.17, 15) is 18.0 Å². The third-order valence-corrected chi connectivity index (χ3v) is 2.74. The number of aliphatic carboxylic acids is 1. The molecule has 1 atom stereocenters. The molecule has 1 unspecified atom stereocenters. The summed E-state index contributed by atoms with van der Waals surface area (Å²) in [7, 11) is 0. The van der Waals surface area contributed by atoms with Crippen LogP contribution >= 0.6 is 11.6 Å². The molecule has 1 aliphatic rings. The van der Waals surface area contributed by atoms with Crippen LogP contribution < -0.4 is 5.32 Å². The molecule has 1 aliphatic heterocycles.